The third-order valence-electron chi connectivity index (χ3n) is 3.35. The Bertz CT molecular complexity index is 925. The lowest BCUT2D eigenvalue weighted by molar-refractivity contribution is 0.0951. The number of ether oxygens (including phenoxy) is 1. The Balaban J connectivity index is 1.60. The first-order chi connectivity index (χ1) is 12.7. The van der Waals surface area contributed by atoms with Gasteiger partial charge in [-0.15, -0.1) is 11.3 Å². The molecule has 1 aromatic heterocycles. The molecule has 1 amide bonds. The molecule has 3 N–H and O–H groups in total. The summed E-state index contributed by atoms with van der Waals surface area (Å²) in [5, 5.41) is 18.9. The van der Waals surface area contributed by atoms with Gasteiger partial charge in [-0.05, 0) is 35.9 Å². The van der Waals surface area contributed by atoms with Gasteiger partial charge in [0.05, 0.1) is 13.3 Å². The Morgan fingerprint density at radius 1 is 1.27 bits per heavy atom. The number of benzene rings is 2. The molecule has 8 heteroatoms. The third kappa shape index (κ3) is 4.37. The number of carbonyl (C=O) groups excluding carboxylic acids is 1. The van der Waals surface area contributed by atoms with Gasteiger partial charge in [-0.2, -0.15) is 5.10 Å². The number of hydrazone groups is 1. The van der Waals surface area contributed by atoms with Crippen LogP contribution in [0.3, 0.4) is 0 Å². The molecule has 0 aliphatic heterocycles. The van der Waals surface area contributed by atoms with E-state index < -0.39 is 5.91 Å². The van der Waals surface area contributed by atoms with Crippen molar-refractivity contribution in [3.8, 4) is 11.5 Å². The summed E-state index contributed by atoms with van der Waals surface area (Å²) in [7, 11) is 1.46. The van der Waals surface area contributed by atoms with Gasteiger partial charge in [0, 0.05) is 11.1 Å². The summed E-state index contributed by atoms with van der Waals surface area (Å²) in [4.78, 5) is 16.3. The number of rotatable bonds is 6. The van der Waals surface area contributed by atoms with Crippen LogP contribution in [-0.2, 0) is 0 Å². The molecule has 0 unspecified atom stereocenters. The number of anilines is 2. The van der Waals surface area contributed by atoms with Crippen molar-refractivity contribution in [2.45, 2.75) is 0 Å². The monoisotopic (exact) mass is 368 g/mol. The minimum absolute atomic E-state index is 0.0367. The Labute approximate surface area is 154 Å². The molecule has 0 saturated carbocycles. The van der Waals surface area contributed by atoms with E-state index >= 15 is 0 Å². The number of thiazole rings is 1. The van der Waals surface area contributed by atoms with E-state index in [1.807, 2.05) is 30.3 Å². The van der Waals surface area contributed by atoms with E-state index in [0.717, 1.165) is 5.69 Å². The summed E-state index contributed by atoms with van der Waals surface area (Å²) in [6.45, 7) is 0. The highest BCUT2D eigenvalue weighted by atomic mass is 32.1. The number of phenolic OH excluding ortho intramolecular Hbond substituents is 1. The minimum atomic E-state index is -0.413. The van der Waals surface area contributed by atoms with Crippen molar-refractivity contribution in [3.63, 3.8) is 0 Å². The second-order valence-electron chi connectivity index (χ2n) is 5.16. The number of nitrogens with one attached hydrogen (secondary N) is 2. The molecule has 0 aliphatic rings. The van der Waals surface area contributed by atoms with Crippen molar-refractivity contribution in [2.75, 3.05) is 12.4 Å². The lowest BCUT2D eigenvalue weighted by Crippen LogP contribution is -2.18. The molecule has 0 saturated heterocycles. The molecule has 0 bridgehead atoms. The largest absolute Gasteiger partial charge is 0.504 e. The first-order valence-electron chi connectivity index (χ1n) is 7.64. The van der Waals surface area contributed by atoms with Gasteiger partial charge in [0.15, 0.2) is 16.6 Å². The van der Waals surface area contributed by atoms with Crippen LogP contribution >= 0.6 is 11.3 Å². The van der Waals surface area contributed by atoms with Crippen LogP contribution in [-0.4, -0.2) is 29.3 Å². The zero-order valence-electron chi connectivity index (χ0n) is 13.8. The quantitative estimate of drug-likeness (QED) is 0.458. The molecule has 7 nitrogen and oxygen atoms in total. The summed E-state index contributed by atoms with van der Waals surface area (Å²) in [6.07, 6.45) is 1.45. The summed E-state index contributed by atoms with van der Waals surface area (Å²) < 4.78 is 5.02. The molecule has 0 aliphatic carbocycles. The lowest BCUT2D eigenvalue weighted by atomic mass is 10.2. The standard InChI is InChI=1S/C18H16N4O3S/c1-25-16-9-12(7-8-15(16)23)10-19-22-17(24)14-11-26-18(21-14)20-13-5-3-2-4-6-13/h2-11,23H,1H3,(H,20,21)(H,22,24)/b19-10+. The maximum Gasteiger partial charge on any atom is 0.290 e. The van der Waals surface area contributed by atoms with Crippen LogP contribution < -0.4 is 15.5 Å². The predicted octanol–water partition coefficient (Wildman–Crippen LogP) is 3.36. The highest BCUT2D eigenvalue weighted by Crippen LogP contribution is 2.25. The number of amides is 1. The smallest absolute Gasteiger partial charge is 0.290 e. The zero-order valence-corrected chi connectivity index (χ0v) is 14.7. The second-order valence-corrected chi connectivity index (χ2v) is 6.02. The van der Waals surface area contributed by atoms with Crippen LogP contribution in [0.15, 0.2) is 59.0 Å². The average Bonchev–Trinajstić information content (AvgIpc) is 3.12. The Hall–Kier alpha value is -3.39. The number of aromatic hydroxyl groups is 1. The van der Waals surface area contributed by atoms with Gasteiger partial charge in [0.25, 0.3) is 5.91 Å². The van der Waals surface area contributed by atoms with E-state index in [4.69, 9.17) is 4.74 Å². The van der Waals surface area contributed by atoms with Crippen LogP contribution in [0, 0.1) is 0 Å². The van der Waals surface area contributed by atoms with Crippen molar-refractivity contribution >= 4 is 34.3 Å². The molecular formula is C18H16N4O3S. The van der Waals surface area contributed by atoms with Gasteiger partial charge in [0.1, 0.15) is 5.69 Å². The fourth-order valence-corrected chi connectivity index (χ4v) is 2.79. The number of aromatic nitrogens is 1. The molecule has 0 fully saturated rings. The minimum Gasteiger partial charge on any atom is -0.504 e. The van der Waals surface area contributed by atoms with Gasteiger partial charge in [-0.3, -0.25) is 4.79 Å². The first kappa shape index (κ1) is 17.4. The van der Waals surface area contributed by atoms with E-state index in [1.165, 1.54) is 30.7 Å². The second kappa shape index (κ2) is 8.13. The number of phenols is 1. The number of nitrogens with zero attached hydrogens (tertiary/aromatic N) is 2. The molecule has 2 aromatic carbocycles. The Morgan fingerprint density at radius 2 is 2.08 bits per heavy atom. The van der Waals surface area contributed by atoms with Gasteiger partial charge in [0.2, 0.25) is 0 Å². The average molecular weight is 368 g/mol. The zero-order chi connectivity index (χ0) is 18.4. The SMILES string of the molecule is COc1cc(/C=N/NC(=O)c2csc(Nc3ccccc3)n2)ccc1O. The number of para-hydroxylation sites is 1. The summed E-state index contributed by atoms with van der Waals surface area (Å²) >= 11 is 1.33. The van der Waals surface area contributed by atoms with E-state index in [0.29, 0.717) is 16.4 Å². The summed E-state index contributed by atoms with van der Waals surface area (Å²) in [6, 6.07) is 14.3. The number of carbonyl (C=O) groups is 1. The summed E-state index contributed by atoms with van der Waals surface area (Å²) in [5.74, 6) is -0.0460. The van der Waals surface area contributed by atoms with Crippen molar-refractivity contribution in [3.05, 3.63) is 65.2 Å². The lowest BCUT2D eigenvalue weighted by Gasteiger charge is -2.03. The normalized spacial score (nSPS) is 10.7. The molecule has 3 rings (SSSR count). The van der Waals surface area contributed by atoms with Crippen molar-refractivity contribution < 1.29 is 14.6 Å². The molecule has 3 aromatic rings. The fraction of sp³-hybridized carbons (Fsp3) is 0.0556. The van der Waals surface area contributed by atoms with Crippen LogP contribution in [0.4, 0.5) is 10.8 Å². The maximum atomic E-state index is 12.1. The van der Waals surface area contributed by atoms with Crippen molar-refractivity contribution in [2.24, 2.45) is 5.10 Å². The van der Waals surface area contributed by atoms with Gasteiger partial charge < -0.3 is 15.2 Å². The van der Waals surface area contributed by atoms with Gasteiger partial charge >= 0.3 is 0 Å². The highest BCUT2D eigenvalue weighted by molar-refractivity contribution is 7.14. The van der Waals surface area contributed by atoms with Crippen LogP contribution in [0.2, 0.25) is 0 Å². The van der Waals surface area contributed by atoms with Crippen LogP contribution in [0.5, 0.6) is 11.5 Å². The van der Waals surface area contributed by atoms with E-state index in [-0.39, 0.29) is 11.4 Å². The molecule has 0 radical (unpaired) electrons. The Morgan fingerprint density at radius 3 is 2.85 bits per heavy atom. The fourth-order valence-electron chi connectivity index (χ4n) is 2.08. The number of methoxy groups -OCH3 is 1. The molecule has 26 heavy (non-hydrogen) atoms. The molecule has 132 valence electrons. The topological polar surface area (TPSA) is 95.8 Å². The van der Waals surface area contributed by atoms with E-state index in [1.54, 1.807) is 17.5 Å². The van der Waals surface area contributed by atoms with Gasteiger partial charge in [-0.1, -0.05) is 18.2 Å². The molecule has 1 heterocycles. The number of hydrogen-bond acceptors (Lipinski definition) is 7. The first-order valence-corrected chi connectivity index (χ1v) is 8.51. The van der Waals surface area contributed by atoms with E-state index in [9.17, 15) is 9.90 Å². The molecule has 0 spiro atoms. The Kier molecular flexibility index (Phi) is 5.45. The van der Waals surface area contributed by atoms with Crippen molar-refractivity contribution in [1.82, 2.24) is 10.4 Å². The van der Waals surface area contributed by atoms with Crippen LogP contribution in [0.25, 0.3) is 0 Å². The maximum absolute atomic E-state index is 12.1. The summed E-state index contributed by atoms with van der Waals surface area (Å²) in [5.41, 5.74) is 4.26. The van der Waals surface area contributed by atoms with Crippen molar-refractivity contribution in [1.29, 1.82) is 0 Å². The predicted molar refractivity (Wildman–Crippen MR) is 102 cm³/mol. The van der Waals surface area contributed by atoms with Gasteiger partial charge in [-0.25, -0.2) is 10.4 Å². The number of hydrogen-bond donors (Lipinski definition) is 3. The highest BCUT2D eigenvalue weighted by Gasteiger charge is 2.10. The third-order valence-corrected chi connectivity index (χ3v) is 4.10. The molecule has 0 atom stereocenters. The van der Waals surface area contributed by atoms with Crippen LogP contribution in [0.1, 0.15) is 16.1 Å². The molecular weight excluding hydrogens is 352 g/mol. The van der Waals surface area contributed by atoms with E-state index in [2.05, 4.69) is 20.8 Å².